The summed E-state index contributed by atoms with van der Waals surface area (Å²) < 4.78 is 45.5. The Bertz CT molecular complexity index is 1340. The number of esters is 1. The van der Waals surface area contributed by atoms with Crippen molar-refractivity contribution in [3.8, 4) is 0 Å². The van der Waals surface area contributed by atoms with Gasteiger partial charge in [-0.3, -0.25) is 9.59 Å². The van der Waals surface area contributed by atoms with Crippen molar-refractivity contribution in [3.05, 3.63) is 77.9 Å². The molecule has 1 heterocycles. The fourth-order valence-electron chi connectivity index (χ4n) is 3.89. The Balaban J connectivity index is 1.40. The number of nitrogens with one attached hydrogen (secondary N) is 1. The summed E-state index contributed by atoms with van der Waals surface area (Å²) in [5.74, 6) is -1.32. The number of alkyl halides is 3. The van der Waals surface area contributed by atoms with Crippen LogP contribution in [0.3, 0.4) is 0 Å². The van der Waals surface area contributed by atoms with E-state index in [1.165, 1.54) is 12.1 Å². The monoisotopic (exact) mass is 454 g/mol. The fourth-order valence-corrected chi connectivity index (χ4v) is 3.89. The van der Waals surface area contributed by atoms with Gasteiger partial charge in [-0.25, -0.2) is 0 Å². The predicted octanol–water partition coefficient (Wildman–Crippen LogP) is 5.56. The van der Waals surface area contributed by atoms with Gasteiger partial charge in [0.05, 0.1) is 12.0 Å². The molecule has 4 rings (SSSR count). The van der Waals surface area contributed by atoms with Crippen LogP contribution in [0.2, 0.25) is 0 Å². The van der Waals surface area contributed by atoms with Gasteiger partial charge in [-0.1, -0.05) is 36.4 Å². The Morgan fingerprint density at radius 2 is 1.70 bits per heavy atom. The van der Waals surface area contributed by atoms with Crippen LogP contribution in [-0.4, -0.2) is 23.1 Å². The number of amides is 1. The summed E-state index contributed by atoms with van der Waals surface area (Å²) in [7, 11) is 0. The summed E-state index contributed by atoms with van der Waals surface area (Å²) in [5.41, 5.74) is 2.02. The second-order valence-electron chi connectivity index (χ2n) is 7.58. The third-order valence-corrected chi connectivity index (χ3v) is 5.34. The molecule has 0 saturated heterocycles. The molecule has 0 bridgehead atoms. The molecule has 0 fully saturated rings. The summed E-state index contributed by atoms with van der Waals surface area (Å²) in [6.07, 6.45) is -4.86. The van der Waals surface area contributed by atoms with E-state index in [-0.39, 0.29) is 12.0 Å². The second-order valence-corrected chi connectivity index (χ2v) is 7.58. The maximum Gasteiger partial charge on any atom is 0.416 e. The number of carbonyl (C=O) groups is 2. The first-order valence-corrected chi connectivity index (χ1v) is 10.4. The molecule has 170 valence electrons. The van der Waals surface area contributed by atoms with Crippen LogP contribution in [0.4, 0.5) is 18.9 Å². The van der Waals surface area contributed by atoms with E-state index in [4.69, 9.17) is 4.74 Å². The average molecular weight is 454 g/mol. The fraction of sp³-hybridized carbons (Fsp3) is 0.200. The maximum atomic E-state index is 12.8. The lowest BCUT2D eigenvalue weighted by molar-refractivity contribution is -0.146. The van der Waals surface area contributed by atoms with Crippen LogP contribution in [0.25, 0.3) is 21.8 Å². The van der Waals surface area contributed by atoms with Crippen molar-refractivity contribution in [2.75, 3.05) is 11.9 Å². The highest BCUT2D eigenvalue weighted by atomic mass is 19.4. The third-order valence-electron chi connectivity index (χ3n) is 5.34. The number of aromatic nitrogens is 1. The first-order valence-electron chi connectivity index (χ1n) is 10.4. The minimum absolute atomic E-state index is 0.160. The quantitative estimate of drug-likeness (QED) is 0.388. The highest BCUT2D eigenvalue weighted by Crippen LogP contribution is 2.31. The largest absolute Gasteiger partial charge is 0.455 e. The van der Waals surface area contributed by atoms with Crippen LogP contribution in [0.15, 0.2) is 66.7 Å². The van der Waals surface area contributed by atoms with E-state index >= 15 is 0 Å². The number of hydrogen-bond donors (Lipinski definition) is 1. The number of benzene rings is 3. The van der Waals surface area contributed by atoms with E-state index < -0.39 is 30.2 Å². The van der Waals surface area contributed by atoms with Crippen molar-refractivity contribution in [2.45, 2.75) is 26.1 Å². The van der Waals surface area contributed by atoms with Crippen LogP contribution in [-0.2, 0) is 33.5 Å². The summed E-state index contributed by atoms with van der Waals surface area (Å²) in [4.78, 5) is 24.3. The van der Waals surface area contributed by atoms with Gasteiger partial charge < -0.3 is 14.6 Å². The van der Waals surface area contributed by atoms with Crippen molar-refractivity contribution >= 4 is 39.4 Å². The van der Waals surface area contributed by atoms with E-state index in [2.05, 4.69) is 16.8 Å². The van der Waals surface area contributed by atoms with E-state index in [1.54, 1.807) is 6.07 Å². The number of halogens is 3. The van der Waals surface area contributed by atoms with E-state index in [0.29, 0.717) is 5.69 Å². The second kappa shape index (κ2) is 8.97. The number of ether oxygens (including phenoxy) is 1. The molecule has 0 atom stereocenters. The SMILES string of the molecule is CCn1c2ccccc2c2cc(NC(=O)COC(=O)Cc3cccc(C(F)(F)F)c3)ccc21. The van der Waals surface area contributed by atoms with Crippen molar-refractivity contribution in [1.29, 1.82) is 0 Å². The molecule has 3 aromatic carbocycles. The molecular formula is C25H21F3N2O3. The Kier molecular flexibility index (Phi) is 6.09. The molecule has 0 radical (unpaired) electrons. The number of fused-ring (bicyclic) bond motifs is 3. The minimum atomic E-state index is -4.50. The molecule has 0 aliphatic rings. The lowest BCUT2D eigenvalue weighted by Crippen LogP contribution is -2.21. The molecule has 0 aliphatic carbocycles. The molecule has 0 saturated carbocycles. The van der Waals surface area contributed by atoms with Gasteiger partial charge in [-0.2, -0.15) is 13.2 Å². The number of anilines is 1. The normalized spacial score (nSPS) is 11.6. The summed E-state index contributed by atoms with van der Waals surface area (Å²) in [5, 5.41) is 4.76. The van der Waals surface area contributed by atoms with Gasteiger partial charge in [-0.15, -0.1) is 0 Å². The minimum Gasteiger partial charge on any atom is -0.455 e. The van der Waals surface area contributed by atoms with Gasteiger partial charge in [0.1, 0.15) is 0 Å². The van der Waals surface area contributed by atoms with Crippen LogP contribution < -0.4 is 5.32 Å². The molecule has 0 spiro atoms. The highest BCUT2D eigenvalue weighted by Gasteiger charge is 2.30. The Morgan fingerprint density at radius 3 is 2.45 bits per heavy atom. The number of nitrogens with zero attached hydrogens (tertiary/aromatic N) is 1. The summed E-state index contributed by atoms with van der Waals surface area (Å²) in [6.45, 7) is 2.33. The van der Waals surface area contributed by atoms with E-state index in [1.807, 2.05) is 36.4 Å². The van der Waals surface area contributed by atoms with Gasteiger partial charge in [0.15, 0.2) is 6.61 Å². The zero-order valence-electron chi connectivity index (χ0n) is 17.8. The van der Waals surface area contributed by atoms with Gasteiger partial charge >= 0.3 is 12.1 Å². The smallest absolute Gasteiger partial charge is 0.416 e. The van der Waals surface area contributed by atoms with Crippen molar-refractivity contribution in [3.63, 3.8) is 0 Å². The van der Waals surface area contributed by atoms with E-state index in [0.717, 1.165) is 40.5 Å². The zero-order valence-corrected chi connectivity index (χ0v) is 17.8. The molecule has 1 N–H and O–H groups in total. The molecule has 8 heteroatoms. The molecule has 1 aromatic heterocycles. The Hall–Kier alpha value is -3.81. The molecule has 0 unspecified atom stereocenters. The first kappa shape index (κ1) is 22.4. The van der Waals surface area contributed by atoms with Gasteiger partial charge in [-0.05, 0) is 42.8 Å². The topological polar surface area (TPSA) is 60.3 Å². The molecule has 4 aromatic rings. The van der Waals surface area contributed by atoms with Gasteiger partial charge in [0.2, 0.25) is 0 Å². The number of aryl methyl sites for hydroxylation is 1. The van der Waals surface area contributed by atoms with Crippen LogP contribution in [0.5, 0.6) is 0 Å². The molecule has 5 nitrogen and oxygen atoms in total. The van der Waals surface area contributed by atoms with Crippen LogP contribution in [0.1, 0.15) is 18.1 Å². The maximum absolute atomic E-state index is 12.8. The van der Waals surface area contributed by atoms with Gasteiger partial charge in [0.25, 0.3) is 5.91 Å². The van der Waals surface area contributed by atoms with Crippen molar-refractivity contribution < 1.29 is 27.5 Å². The Labute approximate surface area is 187 Å². The standard InChI is InChI=1S/C25H21F3N2O3/c1-2-30-21-9-4-3-8-19(21)20-14-18(10-11-22(20)30)29-23(31)15-33-24(32)13-16-6-5-7-17(12-16)25(26,27)28/h3-12,14H,2,13,15H2,1H3,(H,29,31). The molecule has 33 heavy (non-hydrogen) atoms. The highest BCUT2D eigenvalue weighted by molar-refractivity contribution is 6.09. The van der Waals surface area contributed by atoms with E-state index in [9.17, 15) is 22.8 Å². The number of hydrogen-bond acceptors (Lipinski definition) is 3. The lowest BCUT2D eigenvalue weighted by Gasteiger charge is -2.09. The van der Waals surface area contributed by atoms with Crippen LogP contribution in [0, 0.1) is 0 Å². The van der Waals surface area contributed by atoms with Gasteiger partial charge in [0, 0.05) is 34.0 Å². The zero-order chi connectivity index (χ0) is 23.6. The number of para-hydroxylation sites is 1. The molecule has 1 amide bonds. The lowest BCUT2D eigenvalue weighted by atomic mass is 10.1. The van der Waals surface area contributed by atoms with Crippen LogP contribution >= 0.6 is 0 Å². The molecule has 0 aliphatic heterocycles. The summed E-state index contributed by atoms with van der Waals surface area (Å²) in [6, 6.07) is 18.0. The predicted molar refractivity (Wildman–Crippen MR) is 120 cm³/mol. The van der Waals surface area contributed by atoms with Crippen molar-refractivity contribution in [1.82, 2.24) is 4.57 Å². The third kappa shape index (κ3) is 4.84. The molecular weight excluding hydrogens is 433 g/mol. The summed E-state index contributed by atoms with van der Waals surface area (Å²) >= 11 is 0. The number of carbonyl (C=O) groups excluding carboxylic acids is 2. The first-order chi connectivity index (χ1) is 15.8. The average Bonchev–Trinajstić information content (AvgIpc) is 3.10. The Morgan fingerprint density at radius 1 is 0.939 bits per heavy atom. The number of rotatable bonds is 6. The van der Waals surface area contributed by atoms with Crippen molar-refractivity contribution in [2.24, 2.45) is 0 Å².